The Balaban J connectivity index is 0.00000176. The van der Waals surface area contributed by atoms with Crippen LogP contribution in [0.5, 0.6) is 5.75 Å². The van der Waals surface area contributed by atoms with Crippen LogP contribution in [-0.2, 0) is 30.7 Å². The van der Waals surface area contributed by atoms with Gasteiger partial charge in [-0.1, -0.05) is 13.8 Å². The van der Waals surface area contributed by atoms with Crippen molar-refractivity contribution in [3.63, 3.8) is 0 Å². The smallest absolute Gasteiger partial charge is 0.239 e. The van der Waals surface area contributed by atoms with Crippen molar-refractivity contribution in [2.45, 2.75) is 49.4 Å². The van der Waals surface area contributed by atoms with Gasteiger partial charge in [0.2, 0.25) is 5.91 Å². The number of hydrogen-bond acceptors (Lipinski definition) is 7. The van der Waals surface area contributed by atoms with Crippen molar-refractivity contribution in [2.75, 3.05) is 26.4 Å². The number of carbonyl (C=O) groups excluding carboxylic acids is 1. The fourth-order valence-electron chi connectivity index (χ4n) is 3.31. The number of primary amides is 1. The van der Waals surface area contributed by atoms with Crippen LogP contribution in [0.25, 0.3) is 0 Å². The minimum Gasteiger partial charge on any atom is -0.494 e. The van der Waals surface area contributed by atoms with Crippen LogP contribution < -0.4 is 10.5 Å². The molecule has 1 saturated heterocycles. The van der Waals surface area contributed by atoms with Crippen molar-refractivity contribution in [3.05, 3.63) is 54.4 Å². The summed E-state index contributed by atoms with van der Waals surface area (Å²) in [4.78, 5) is 16.0. The molecule has 32 heavy (non-hydrogen) atoms. The van der Waals surface area contributed by atoms with Crippen molar-refractivity contribution in [3.8, 4) is 5.75 Å². The van der Waals surface area contributed by atoms with Gasteiger partial charge in [0.15, 0.2) is 14.6 Å². The van der Waals surface area contributed by atoms with Gasteiger partial charge >= 0.3 is 0 Å². The van der Waals surface area contributed by atoms with Crippen molar-refractivity contribution < 1.29 is 27.4 Å². The molecule has 2 aromatic rings. The normalized spacial score (nSPS) is 15.3. The van der Waals surface area contributed by atoms with E-state index in [-0.39, 0.29) is 31.0 Å². The van der Waals surface area contributed by atoms with Gasteiger partial charge < -0.3 is 19.9 Å². The Hall–Kier alpha value is -2.49. The topological polar surface area (TPSA) is 118 Å². The summed E-state index contributed by atoms with van der Waals surface area (Å²) in [5.74, 6) is -0.291. The van der Waals surface area contributed by atoms with Crippen molar-refractivity contribution in [1.82, 2.24) is 4.98 Å². The first kappa shape index (κ1) is 25.8. The van der Waals surface area contributed by atoms with Gasteiger partial charge in [0.25, 0.3) is 0 Å². The third kappa shape index (κ3) is 6.27. The molecular weight excluding hydrogens is 432 g/mol. The summed E-state index contributed by atoms with van der Waals surface area (Å²) in [5.41, 5.74) is 6.54. The largest absolute Gasteiger partial charge is 0.494 e. The lowest BCUT2D eigenvalue weighted by Crippen LogP contribution is -2.53. The number of pyridine rings is 1. The van der Waals surface area contributed by atoms with Crippen molar-refractivity contribution in [2.24, 2.45) is 5.73 Å². The van der Waals surface area contributed by atoms with E-state index in [0.29, 0.717) is 32.0 Å². The highest BCUT2D eigenvalue weighted by Gasteiger charge is 2.51. The predicted octanol–water partition coefficient (Wildman–Crippen LogP) is 2.90. The number of aromatic nitrogens is 1. The number of benzene rings is 1. The first-order valence-electron chi connectivity index (χ1n) is 10.8. The molecule has 176 valence electrons. The van der Waals surface area contributed by atoms with Gasteiger partial charge in [0.05, 0.1) is 24.7 Å². The van der Waals surface area contributed by atoms with Gasteiger partial charge in [0, 0.05) is 32.0 Å². The molecule has 1 fully saturated rings. The molecule has 2 heterocycles. The van der Waals surface area contributed by atoms with Crippen LogP contribution in [0.3, 0.4) is 0 Å². The zero-order chi connectivity index (χ0) is 23.5. The molecular formula is C23H32N2O6S. The average molecular weight is 465 g/mol. The lowest BCUT2D eigenvalue weighted by atomic mass is 9.98. The fourth-order valence-corrected chi connectivity index (χ4v) is 5.22. The molecule has 0 saturated carbocycles. The second-order valence-electron chi connectivity index (χ2n) is 7.06. The standard InChI is InChI=1S/C21H26N2O6S.C2H6/c22-20(24)21(8-14-27-15-9-21)30(25,26)19-4-2-18(3-5-19)29-13-1-12-28-16-17-6-10-23-11-7-17;1-2/h2-7,10-11H,1,8-9,12-16H2,(H2,22,24);1-2H3. The molecule has 0 radical (unpaired) electrons. The van der Waals surface area contributed by atoms with Crippen molar-refractivity contribution >= 4 is 15.7 Å². The molecule has 1 aliphatic rings. The van der Waals surface area contributed by atoms with E-state index >= 15 is 0 Å². The number of sulfone groups is 1. The van der Waals surface area contributed by atoms with E-state index in [4.69, 9.17) is 19.9 Å². The van der Waals surface area contributed by atoms with E-state index in [2.05, 4.69) is 4.98 Å². The summed E-state index contributed by atoms with van der Waals surface area (Å²) >= 11 is 0. The van der Waals surface area contributed by atoms with E-state index in [9.17, 15) is 13.2 Å². The van der Waals surface area contributed by atoms with Gasteiger partial charge in [-0.25, -0.2) is 8.42 Å². The first-order chi connectivity index (χ1) is 15.5. The summed E-state index contributed by atoms with van der Waals surface area (Å²) in [7, 11) is -3.93. The molecule has 0 atom stereocenters. The van der Waals surface area contributed by atoms with Crippen LogP contribution >= 0.6 is 0 Å². The second-order valence-corrected chi connectivity index (χ2v) is 9.32. The summed E-state index contributed by atoms with van der Waals surface area (Å²) in [6.45, 7) is 5.86. The zero-order valence-corrected chi connectivity index (χ0v) is 19.5. The highest BCUT2D eigenvalue weighted by Crippen LogP contribution is 2.35. The van der Waals surface area contributed by atoms with Crippen LogP contribution in [0.2, 0.25) is 0 Å². The maximum atomic E-state index is 13.1. The summed E-state index contributed by atoms with van der Waals surface area (Å²) in [6.07, 6.45) is 4.25. The van der Waals surface area contributed by atoms with Crippen LogP contribution in [-0.4, -0.2) is 50.5 Å². The van der Waals surface area contributed by atoms with Crippen LogP contribution in [0, 0.1) is 0 Å². The molecule has 1 amide bonds. The lowest BCUT2D eigenvalue weighted by molar-refractivity contribution is -0.122. The van der Waals surface area contributed by atoms with E-state index in [1.807, 2.05) is 26.0 Å². The lowest BCUT2D eigenvalue weighted by Gasteiger charge is -2.33. The van der Waals surface area contributed by atoms with Gasteiger partial charge in [-0.15, -0.1) is 0 Å². The third-order valence-electron chi connectivity index (χ3n) is 5.12. The highest BCUT2D eigenvalue weighted by atomic mass is 32.2. The quantitative estimate of drug-likeness (QED) is 0.537. The molecule has 1 aromatic heterocycles. The summed E-state index contributed by atoms with van der Waals surface area (Å²) in [6, 6.07) is 9.86. The molecule has 0 aliphatic carbocycles. The van der Waals surface area contributed by atoms with Gasteiger partial charge in [-0.3, -0.25) is 9.78 Å². The van der Waals surface area contributed by atoms with E-state index < -0.39 is 20.5 Å². The Kier molecular flexibility index (Phi) is 10.1. The number of rotatable bonds is 10. The molecule has 2 N–H and O–H groups in total. The number of ether oxygens (including phenoxy) is 3. The number of carbonyl (C=O) groups is 1. The molecule has 9 heteroatoms. The Morgan fingerprint density at radius 3 is 2.28 bits per heavy atom. The summed E-state index contributed by atoms with van der Waals surface area (Å²) < 4.78 is 41.0. The molecule has 1 aliphatic heterocycles. The zero-order valence-electron chi connectivity index (χ0n) is 18.7. The number of amides is 1. The van der Waals surface area contributed by atoms with E-state index in [1.165, 1.54) is 12.1 Å². The minimum atomic E-state index is -3.93. The monoisotopic (exact) mass is 464 g/mol. The van der Waals surface area contributed by atoms with Gasteiger partial charge in [0.1, 0.15) is 5.75 Å². The first-order valence-corrected chi connectivity index (χ1v) is 12.3. The number of nitrogens with two attached hydrogens (primary N) is 1. The van der Waals surface area contributed by atoms with Crippen LogP contribution in [0.4, 0.5) is 0 Å². The van der Waals surface area contributed by atoms with Crippen LogP contribution in [0.1, 0.15) is 38.7 Å². The molecule has 0 unspecified atom stereocenters. The average Bonchev–Trinajstić information content (AvgIpc) is 2.84. The highest BCUT2D eigenvalue weighted by molar-refractivity contribution is 7.93. The van der Waals surface area contributed by atoms with Gasteiger partial charge in [-0.2, -0.15) is 0 Å². The Labute approximate surface area is 190 Å². The Bertz CT molecular complexity index is 927. The number of hydrogen-bond donors (Lipinski definition) is 1. The molecule has 3 rings (SSSR count). The minimum absolute atomic E-state index is 0.0521. The Morgan fingerprint density at radius 1 is 1.06 bits per heavy atom. The fraction of sp³-hybridized carbons (Fsp3) is 0.478. The maximum absolute atomic E-state index is 13.1. The van der Waals surface area contributed by atoms with E-state index in [1.54, 1.807) is 24.5 Å². The maximum Gasteiger partial charge on any atom is 0.239 e. The number of nitrogens with zero attached hydrogens (tertiary/aromatic N) is 1. The second kappa shape index (κ2) is 12.5. The predicted molar refractivity (Wildman–Crippen MR) is 121 cm³/mol. The van der Waals surface area contributed by atoms with E-state index in [0.717, 1.165) is 5.56 Å². The third-order valence-corrected chi connectivity index (χ3v) is 7.65. The van der Waals surface area contributed by atoms with Crippen LogP contribution in [0.15, 0.2) is 53.7 Å². The summed E-state index contributed by atoms with van der Waals surface area (Å²) in [5, 5.41) is 0. The molecule has 1 aromatic carbocycles. The van der Waals surface area contributed by atoms with Gasteiger partial charge in [-0.05, 0) is 54.8 Å². The molecule has 8 nitrogen and oxygen atoms in total. The van der Waals surface area contributed by atoms with Crippen molar-refractivity contribution in [1.29, 1.82) is 0 Å². The Morgan fingerprint density at radius 2 is 1.69 bits per heavy atom. The SMILES string of the molecule is CC.NC(=O)C1(S(=O)(=O)c2ccc(OCCCOCc3ccncc3)cc2)CCOCC1. The molecule has 0 bridgehead atoms. The molecule has 0 spiro atoms.